The Hall–Kier alpha value is -1.69. The standard InChI is InChI=1S/C16H23N5S/c1-3-5-8-14(4-2)13-21(15-17-9-6-10-18-15)22-16-19-11-7-12-20-16/h6-7,9-12,14H,3-5,8,13H2,1-2H3. The van der Waals surface area contributed by atoms with Crippen LogP contribution in [0.5, 0.6) is 0 Å². The van der Waals surface area contributed by atoms with E-state index in [9.17, 15) is 0 Å². The Kier molecular flexibility index (Phi) is 7.09. The van der Waals surface area contributed by atoms with E-state index in [-0.39, 0.29) is 0 Å². The highest BCUT2D eigenvalue weighted by molar-refractivity contribution is 8.00. The molecule has 0 aliphatic carbocycles. The molecule has 2 aromatic rings. The Labute approximate surface area is 136 Å². The minimum absolute atomic E-state index is 0.625. The SMILES string of the molecule is CCCCC(CC)CN(Sc1ncccn1)c1ncccn1. The van der Waals surface area contributed by atoms with Gasteiger partial charge in [-0.25, -0.2) is 19.9 Å². The van der Waals surface area contributed by atoms with E-state index < -0.39 is 0 Å². The van der Waals surface area contributed by atoms with Gasteiger partial charge in [0, 0.05) is 43.3 Å². The average Bonchev–Trinajstić information content (AvgIpc) is 2.59. The van der Waals surface area contributed by atoms with Gasteiger partial charge < -0.3 is 0 Å². The third-order valence-electron chi connectivity index (χ3n) is 3.48. The van der Waals surface area contributed by atoms with E-state index in [2.05, 4.69) is 38.1 Å². The first-order valence-electron chi connectivity index (χ1n) is 7.83. The summed E-state index contributed by atoms with van der Waals surface area (Å²) in [6.45, 7) is 5.38. The molecule has 0 aromatic carbocycles. The van der Waals surface area contributed by atoms with Crippen LogP contribution >= 0.6 is 11.9 Å². The highest BCUT2D eigenvalue weighted by Gasteiger charge is 2.17. The summed E-state index contributed by atoms with van der Waals surface area (Å²) in [6, 6.07) is 3.66. The molecule has 118 valence electrons. The molecular weight excluding hydrogens is 294 g/mol. The second kappa shape index (κ2) is 9.35. The lowest BCUT2D eigenvalue weighted by Gasteiger charge is -2.25. The summed E-state index contributed by atoms with van der Waals surface area (Å²) in [7, 11) is 0. The van der Waals surface area contributed by atoms with Gasteiger partial charge in [0.1, 0.15) is 0 Å². The summed E-state index contributed by atoms with van der Waals surface area (Å²) in [5.74, 6) is 1.34. The maximum absolute atomic E-state index is 4.38. The molecule has 5 nitrogen and oxygen atoms in total. The van der Waals surface area contributed by atoms with Crippen molar-refractivity contribution in [1.29, 1.82) is 0 Å². The van der Waals surface area contributed by atoms with Crippen LogP contribution < -0.4 is 4.31 Å². The van der Waals surface area contributed by atoms with Crippen LogP contribution in [0.3, 0.4) is 0 Å². The van der Waals surface area contributed by atoms with Gasteiger partial charge in [0.25, 0.3) is 0 Å². The lowest BCUT2D eigenvalue weighted by atomic mass is 9.99. The van der Waals surface area contributed by atoms with E-state index in [0.29, 0.717) is 5.92 Å². The normalized spacial score (nSPS) is 12.1. The fraction of sp³-hybridized carbons (Fsp3) is 0.500. The summed E-state index contributed by atoms with van der Waals surface area (Å²) < 4.78 is 2.11. The molecule has 0 aliphatic heterocycles. The maximum atomic E-state index is 4.38. The van der Waals surface area contributed by atoms with Crippen LogP contribution in [0, 0.1) is 5.92 Å². The van der Waals surface area contributed by atoms with Crippen LogP contribution in [0.25, 0.3) is 0 Å². The molecule has 0 spiro atoms. The van der Waals surface area contributed by atoms with Crippen molar-refractivity contribution in [2.75, 3.05) is 10.8 Å². The summed E-state index contributed by atoms with van der Waals surface area (Å²) in [5, 5.41) is 0.722. The number of unbranched alkanes of at least 4 members (excludes halogenated alkanes) is 1. The second-order valence-corrected chi connectivity index (χ2v) is 6.14. The van der Waals surface area contributed by atoms with Crippen molar-refractivity contribution < 1.29 is 0 Å². The summed E-state index contributed by atoms with van der Waals surface area (Å²) in [6.07, 6.45) is 11.9. The first-order chi connectivity index (χ1) is 10.8. The van der Waals surface area contributed by atoms with E-state index >= 15 is 0 Å². The van der Waals surface area contributed by atoms with Crippen molar-refractivity contribution in [3.63, 3.8) is 0 Å². The Morgan fingerprint density at radius 2 is 1.64 bits per heavy atom. The zero-order valence-corrected chi connectivity index (χ0v) is 14.0. The second-order valence-electron chi connectivity index (χ2n) is 5.15. The molecule has 2 heterocycles. The van der Waals surface area contributed by atoms with Gasteiger partial charge in [0.15, 0.2) is 0 Å². The van der Waals surface area contributed by atoms with Gasteiger partial charge in [-0.05, 0) is 24.5 Å². The largest absolute Gasteiger partial charge is 0.277 e. The molecule has 1 atom stereocenters. The topological polar surface area (TPSA) is 54.8 Å². The van der Waals surface area contributed by atoms with Crippen molar-refractivity contribution in [2.45, 2.75) is 44.7 Å². The third kappa shape index (κ3) is 5.26. The molecule has 22 heavy (non-hydrogen) atoms. The van der Waals surface area contributed by atoms with Crippen molar-refractivity contribution in [3.8, 4) is 0 Å². The van der Waals surface area contributed by atoms with Gasteiger partial charge in [-0.2, -0.15) is 0 Å². The van der Waals surface area contributed by atoms with Crippen molar-refractivity contribution >= 4 is 17.9 Å². The van der Waals surface area contributed by atoms with Crippen LogP contribution in [0.4, 0.5) is 5.95 Å². The molecular formula is C16H23N5S. The Morgan fingerprint density at radius 1 is 1.00 bits per heavy atom. The van der Waals surface area contributed by atoms with Gasteiger partial charge in [-0.15, -0.1) is 0 Å². The quantitative estimate of drug-likeness (QED) is 0.515. The Balaban J connectivity index is 2.11. The molecule has 1 unspecified atom stereocenters. The molecule has 2 aromatic heterocycles. The summed E-state index contributed by atoms with van der Waals surface area (Å²) >= 11 is 1.51. The predicted molar refractivity (Wildman–Crippen MR) is 90.6 cm³/mol. The third-order valence-corrected chi connectivity index (χ3v) is 4.38. The fourth-order valence-corrected chi connectivity index (χ4v) is 3.04. The minimum atomic E-state index is 0.625. The Bertz CT molecular complexity index is 523. The molecule has 6 heteroatoms. The monoisotopic (exact) mass is 317 g/mol. The predicted octanol–water partition coefficient (Wildman–Crippen LogP) is 4.00. The van der Waals surface area contributed by atoms with Crippen molar-refractivity contribution in [1.82, 2.24) is 19.9 Å². The van der Waals surface area contributed by atoms with Crippen LogP contribution in [0.1, 0.15) is 39.5 Å². The van der Waals surface area contributed by atoms with E-state index in [1.165, 1.54) is 31.2 Å². The lowest BCUT2D eigenvalue weighted by molar-refractivity contribution is 0.462. The Morgan fingerprint density at radius 3 is 2.23 bits per heavy atom. The van der Waals surface area contributed by atoms with Gasteiger partial charge in [0.2, 0.25) is 11.1 Å². The maximum Gasteiger partial charge on any atom is 0.235 e. The van der Waals surface area contributed by atoms with Crippen LogP contribution in [-0.2, 0) is 0 Å². The zero-order valence-electron chi connectivity index (χ0n) is 13.2. The lowest BCUT2D eigenvalue weighted by Crippen LogP contribution is -2.25. The number of rotatable bonds is 9. The van der Waals surface area contributed by atoms with Gasteiger partial charge >= 0.3 is 0 Å². The highest BCUT2D eigenvalue weighted by Crippen LogP contribution is 2.26. The van der Waals surface area contributed by atoms with Crippen LogP contribution in [0.2, 0.25) is 0 Å². The van der Waals surface area contributed by atoms with Crippen molar-refractivity contribution in [2.24, 2.45) is 5.92 Å². The van der Waals surface area contributed by atoms with E-state index in [0.717, 1.165) is 24.1 Å². The minimum Gasteiger partial charge on any atom is -0.277 e. The summed E-state index contributed by atoms with van der Waals surface area (Å²) in [5.41, 5.74) is 0. The van der Waals surface area contributed by atoms with E-state index in [1.54, 1.807) is 24.8 Å². The van der Waals surface area contributed by atoms with Gasteiger partial charge in [-0.1, -0.05) is 33.1 Å². The zero-order chi connectivity index (χ0) is 15.6. The van der Waals surface area contributed by atoms with Crippen LogP contribution in [-0.4, -0.2) is 26.5 Å². The molecule has 0 N–H and O–H groups in total. The number of hydrogen-bond donors (Lipinski definition) is 0. The van der Waals surface area contributed by atoms with E-state index in [4.69, 9.17) is 0 Å². The highest BCUT2D eigenvalue weighted by atomic mass is 32.2. The number of aromatic nitrogens is 4. The van der Waals surface area contributed by atoms with Crippen molar-refractivity contribution in [3.05, 3.63) is 36.9 Å². The smallest absolute Gasteiger partial charge is 0.235 e. The first-order valence-corrected chi connectivity index (χ1v) is 8.60. The number of hydrogen-bond acceptors (Lipinski definition) is 6. The van der Waals surface area contributed by atoms with E-state index in [1.807, 2.05) is 12.1 Å². The van der Waals surface area contributed by atoms with Crippen LogP contribution in [0.15, 0.2) is 42.1 Å². The summed E-state index contributed by atoms with van der Waals surface area (Å²) in [4.78, 5) is 17.4. The molecule has 0 fully saturated rings. The van der Waals surface area contributed by atoms with Gasteiger partial charge in [0.05, 0.1) is 0 Å². The molecule has 0 radical (unpaired) electrons. The molecule has 0 saturated carbocycles. The molecule has 0 amide bonds. The molecule has 0 bridgehead atoms. The number of nitrogens with zero attached hydrogens (tertiary/aromatic N) is 5. The molecule has 2 rings (SSSR count). The average molecular weight is 317 g/mol. The number of anilines is 1. The molecule has 0 saturated heterocycles. The fourth-order valence-electron chi connectivity index (χ4n) is 2.16. The van der Waals surface area contributed by atoms with Gasteiger partial charge in [-0.3, -0.25) is 4.31 Å². The first kappa shape index (κ1) is 16.7. The molecule has 0 aliphatic rings.